The second-order valence-electron chi connectivity index (χ2n) is 3.30. The van der Waals surface area contributed by atoms with Crippen LogP contribution in [0.4, 0.5) is 0 Å². The van der Waals surface area contributed by atoms with Crippen molar-refractivity contribution in [1.29, 1.82) is 0 Å². The molecular weight excluding hydrogens is 194 g/mol. The van der Waals surface area contributed by atoms with Gasteiger partial charge in [0.25, 0.3) is 0 Å². The summed E-state index contributed by atoms with van der Waals surface area (Å²) < 4.78 is 0. The molecule has 1 aliphatic heterocycles. The summed E-state index contributed by atoms with van der Waals surface area (Å²) in [7, 11) is 0. The summed E-state index contributed by atoms with van der Waals surface area (Å²) >= 11 is 0. The summed E-state index contributed by atoms with van der Waals surface area (Å²) in [5, 5.41) is 3.25. The minimum Gasteiger partial charge on any atom is -0.343 e. The minimum absolute atomic E-state index is 0. The van der Waals surface area contributed by atoms with Crippen LogP contribution in [0.1, 0.15) is 33.1 Å². The minimum atomic E-state index is 0. The van der Waals surface area contributed by atoms with Crippen LogP contribution in [0.15, 0.2) is 0 Å². The van der Waals surface area contributed by atoms with E-state index in [1.54, 1.807) is 0 Å². The Balaban J connectivity index is -0.000000136. The van der Waals surface area contributed by atoms with Crippen molar-refractivity contribution in [2.24, 2.45) is 5.92 Å². The van der Waals surface area contributed by atoms with Crippen LogP contribution in [0.25, 0.3) is 0 Å². The molecule has 0 saturated carbocycles. The third kappa shape index (κ3) is 19.4. The van der Waals surface area contributed by atoms with Crippen LogP contribution < -0.4 is 5.32 Å². The Hall–Kier alpha value is 1.02. The fourth-order valence-corrected chi connectivity index (χ4v) is 0.678. The molecule has 76 valence electrons. The second-order valence-corrected chi connectivity index (χ2v) is 3.30. The van der Waals surface area contributed by atoms with E-state index < -0.39 is 0 Å². The molecule has 0 unspecified atom stereocenters. The maximum atomic E-state index is 3.69. The van der Waals surface area contributed by atoms with Gasteiger partial charge in [0.1, 0.15) is 0 Å². The zero-order valence-electron chi connectivity index (χ0n) is 9.01. The monoisotopic (exact) mass is 215 g/mol. The van der Waals surface area contributed by atoms with Crippen molar-refractivity contribution in [2.45, 2.75) is 33.1 Å². The third-order valence-corrected chi connectivity index (χ3v) is 1.63. The average molecular weight is 216 g/mol. The molecule has 0 spiro atoms. The molecule has 0 aromatic carbocycles. The topological polar surface area (TPSA) is 12.0 Å². The van der Waals surface area contributed by atoms with E-state index in [-0.39, 0.29) is 35.5 Å². The van der Waals surface area contributed by atoms with Crippen molar-refractivity contribution in [3.8, 4) is 0 Å². The van der Waals surface area contributed by atoms with E-state index in [0.717, 1.165) is 12.3 Å². The number of nitrogens with one attached hydrogen (secondary N) is 1. The first-order valence-electron chi connectivity index (χ1n) is 4.59. The van der Waals surface area contributed by atoms with E-state index >= 15 is 0 Å². The van der Waals surface area contributed by atoms with Crippen LogP contribution in [0, 0.1) is 19.3 Å². The van der Waals surface area contributed by atoms with Gasteiger partial charge in [0, 0.05) is 0 Å². The van der Waals surface area contributed by atoms with Crippen molar-refractivity contribution >= 4 is 35.5 Å². The predicted octanol–water partition coefficient (Wildman–Crippen LogP) is 2.48. The Morgan fingerprint density at radius 2 is 1.69 bits per heavy atom. The Kier molecular flexibility index (Phi) is 23.3. The molecule has 0 aromatic heterocycles. The Labute approximate surface area is 106 Å². The molecule has 3 heteroatoms. The van der Waals surface area contributed by atoms with Gasteiger partial charge < -0.3 is 18.7 Å². The van der Waals surface area contributed by atoms with Gasteiger partial charge in [-0.25, -0.2) is 0 Å². The quantitative estimate of drug-likeness (QED) is 0.524. The normalized spacial score (nSPS) is 14.8. The van der Waals surface area contributed by atoms with E-state index in [0.29, 0.717) is 0 Å². The summed E-state index contributed by atoms with van der Waals surface area (Å²) in [6, 6.07) is 0. The molecule has 0 aromatic rings. The summed E-state index contributed by atoms with van der Waals surface area (Å²) in [5.74, 6) is 0.773. The maximum Gasteiger partial charge on any atom is 2.00 e. The summed E-state index contributed by atoms with van der Waals surface area (Å²) in [6.45, 7) is 10.4. The molecule has 0 amide bonds. The first kappa shape index (κ1) is 19.6. The maximum absolute atomic E-state index is 3.69. The van der Waals surface area contributed by atoms with Crippen LogP contribution in [-0.4, -0.2) is 36.1 Å². The molecule has 1 rings (SSSR count). The van der Waals surface area contributed by atoms with Crippen LogP contribution in [0.2, 0.25) is 0 Å². The molecular formula is C10H22ClMgN. The van der Waals surface area contributed by atoms with Crippen LogP contribution in [0.3, 0.4) is 0 Å². The molecule has 0 radical (unpaired) electrons. The Morgan fingerprint density at radius 1 is 1.31 bits per heavy atom. The van der Waals surface area contributed by atoms with Crippen molar-refractivity contribution < 1.29 is 0 Å². The van der Waals surface area contributed by atoms with Crippen molar-refractivity contribution in [3.63, 3.8) is 0 Å². The molecule has 0 aliphatic carbocycles. The van der Waals surface area contributed by atoms with Gasteiger partial charge in [-0.1, -0.05) is 19.8 Å². The van der Waals surface area contributed by atoms with Crippen LogP contribution in [-0.2, 0) is 0 Å². The standard InChI is InChI=1S/C5H10N.C5H11.ClH.Mg/c1-2-4-6-5-3-1;1-4-5(2)3;;/h1,6H,2-5H2;5H,1,4H2,2-3H3;1H;/q2*-1;;+2. The van der Waals surface area contributed by atoms with Gasteiger partial charge in [0.2, 0.25) is 0 Å². The van der Waals surface area contributed by atoms with E-state index in [2.05, 4.69) is 32.5 Å². The number of halogens is 1. The zero-order valence-corrected chi connectivity index (χ0v) is 11.2. The number of hydrogen-bond acceptors (Lipinski definition) is 1. The average Bonchev–Trinajstić information content (AvgIpc) is 2.09. The molecule has 1 nitrogen and oxygen atoms in total. The van der Waals surface area contributed by atoms with Crippen LogP contribution in [0.5, 0.6) is 0 Å². The summed E-state index contributed by atoms with van der Waals surface area (Å²) in [6.07, 6.45) is 5.91. The second kappa shape index (κ2) is 15.5. The SMILES string of the molecule is Cl.[CH-]1CCNCC1.[CH2-]CC(C)C.[Mg+2]. The van der Waals surface area contributed by atoms with Gasteiger partial charge in [-0.05, 0) is 13.1 Å². The number of hydrogen-bond donors (Lipinski definition) is 1. The molecule has 1 saturated heterocycles. The van der Waals surface area contributed by atoms with Crippen LogP contribution >= 0.6 is 12.4 Å². The van der Waals surface area contributed by atoms with Gasteiger partial charge in [-0.3, -0.25) is 0 Å². The molecule has 1 N–H and O–H groups in total. The van der Waals surface area contributed by atoms with Gasteiger partial charge in [-0.2, -0.15) is 19.3 Å². The number of piperidine rings is 1. The fourth-order valence-electron chi connectivity index (χ4n) is 0.678. The molecule has 1 heterocycles. The predicted molar refractivity (Wildman–Crippen MR) is 64.2 cm³/mol. The molecule has 1 fully saturated rings. The number of rotatable bonds is 1. The van der Waals surface area contributed by atoms with E-state index in [4.69, 9.17) is 0 Å². The Morgan fingerprint density at radius 3 is 1.77 bits per heavy atom. The van der Waals surface area contributed by atoms with E-state index in [1.807, 2.05) is 0 Å². The third-order valence-electron chi connectivity index (χ3n) is 1.63. The zero-order chi connectivity index (χ0) is 8.53. The van der Waals surface area contributed by atoms with Gasteiger partial charge >= 0.3 is 23.1 Å². The first-order valence-corrected chi connectivity index (χ1v) is 4.59. The molecule has 0 bridgehead atoms. The largest absolute Gasteiger partial charge is 2.00 e. The van der Waals surface area contributed by atoms with Gasteiger partial charge in [0.05, 0.1) is 0 Å². The smallest absolute Gasteiger partial charge is 0.343 e. The molecule has 13 heavy (non-hydrogen) atoms. The van der Waals surface area contributed by atoms with Crippen molar-refractivity contribution in [2.75, 3.05) is 13.1 Å². The van der Waals surface area contributed by atoms with E-state index in [9.17, 15) is 0 Å². The molecule has 1 aliphatic rings. The van der Waals surface area contributed by atoms with Gasteiger partial charge in [0.15, 0.2) is 0 Å². The fraction of sp³-hybridized carbons (Fsp3) is 0.800. The first-order chi connectivity index (χ1) is 5.27. The Bertz CT molecular complexity index is 63.8. The van der Waals surface area contributed by atoms with E-state index in [1.165, 1.54) is 25.9 Å². The van der Waals surface area contributed by atoms with Gasteiger partial charge in [-0.15, -0.1) is 12.4 Å². The summed E-state index contributed by atoms with van der Waals surface area (Å²) in [4.78, 5) is 0. The van der Waals surface area contributed by atoms with Crippen molar-refractivity contribution in [3.05, 3.63) is 13.3 Å². The van der Waals surface area contributed by atoms with Crippen molar-refractivity contribution in [1.82, 2.24) is 5.32 Å². The summed E-state index contributed by atoms with van der Waals surface area (Å²) in [5.41, 5.74) is 0. The molecule has 0 atom stereocenters.